The van der Waals surface area contributed by atoms with E-state index in [-0.39, 0.29) is 32.0 Å². The van der Waals surface area contributed by atoms with E-state index in [4.69, 9.17) is 18.5 Å². The Morgan fingerprint density at radius 1 is 0.408 bits per heavy atom. The summed E-state index contributed by atoms with van der Waals surface area (Å²) in [7, 11) is 1.48. The third-order valence-corrected chi connectivity index (χ3v) is 15.3. The number of hydrogen-bond acceptors (Lipinski definition) is 7. The van der Waals surface area contributed by atoms with Crippen LogP contribution < -0.4 is 0 Å². The average Bonchev–Trinajstić information content (AvgIpc) is 3.38. The monoisotopic (exact) mass is 1090 g/mol. The minimum Gasteiger partial charge on any atom is -0.462 e. The van der Waals surface area contributed by atoms with Crippen LogP contribution in [0.3, 0.4) is 0 Å². The maximum atomic E-state index is 12.8. The van der Waals surface area contributed by atoms with E-state index in [1.807, 2.05) is 21.1 Å². The third kappa shape index (κ3) is 61.2. The molecule has 0 saturated carbocycles. The van der Waals surface area contributed by atoms with Crippen molar-refractivity contribution in [1.82, 2.24) is 0 Å². The summed E-state index contributed by atoms with van der Waals surface area (Å²) in [5.74, 6) is -0.800. The van der Waals surface area contributed by atoms with E-state index < -0.39 is 26.5 Å². The fourth-order valence-electron chi connectivity index (χ4n) is 9.31. The number of hydrogen-bond donors (Lipinski definition) is 1. The van der Waals surface area contributed by atoms with Crippen molar-refractivity contribution in [1.29, 1.82) is 0 Å². The number of quaternary nitrogens is 1. The van der Waals surface area contributed by atoms with E-state index >= 15 is 0 Å². The molecule has 0 aliphatic carbocycles. The van der Waals surface area contributed by atoms with Gasteiger partial charge in [-0.05, 0) is 77.0 Å². The second-order valence-corrected chi connectivity index (χ2v) is 24.6. The summed E-state index contributed by atoms with van der Waals surface area (Å²) < 4.78 is 34.6. The van der Waals surface area contributed by atoms with Crippen LogP contribution in [0, 0.1) is 0 Å². The number of carbonyl (C=O) groups excluding carboxylic acids is 2. The van der Waals surface area contributed by atoms with Gasteiger partial charge in [0.2, 0.25) is 0 Å². The summed E-state index contributed by atoms with van der Waals surface area (Å²) in [4.78, 5) is 35.8. The zero-order valence-electron chi connectivity index (χ0n) is 50.8. The second kappa shape index (κ2) is 57.6. The lowest BCUT2D eigenvalue weighted by molar-refractivity contribution is -0.870. The van der Waals surface area contributed by atoms with Gasteiger partial charge in [0, 0.05) is 12.8 Å². The molecule has 0 radical (unpaired) electrons. The first-order chi connectivity index (χ1) is 37.0. The molecule has 2 atom stereocenters. The average molecular weight is 1090 g/mol. The van der Waals surface area contributed by atoms with Crippen LogP contribution in [-0.2, 0) is 32.7 Å². The van der Waals surface area contributed by atoms with Crippen LogP contribution in [0.25, 0.3) is 0 Å². The number of esters is 2. The summed E-state index contributed by atoms with van der Waals surface area (Å²) >= 11 is 0. The minimum absolute atomic E-state index is 0.0291. The summed E-state index contributed by atoms with van der Waals surface area (Å²) in [5, 5.41) is 0. The first-order valence-corrected chi connectivity index (χ1v) is 33.9. The van der Waals surface area contributed by atoms with Crippen LogP contribution in [0.1, 0.15) is 309 Å². The predicted octanol–water partition coefficient (Wildman–Crippen LogP) is 20.5. The highest BCUT2D eigenvalue weighted by Gasteiger charge is 2.27. The molecule has 0 amide bonds. The number of likely N-dealkylation sites (N-methyl/N-ethyl adjacent to an activating group) is 1. The van der Waals surface area contributed by atoms with Gasteiger partial charge in [-0.25, -0.2) is 4.57 Å². The molecule has 0 saturated heterocycles. The Kier molecular flexibility index (Phi) is 56.1. The molecular formula is C66H125NO8P+. The molecule has 0 aromatic carbocycles. The van der Waals surface area contributed by atoms with E-state index in [0.717, 1.165) is 70.6 Å². The van der Waals surface area contributed by atoms with Crippen LogP contribution >= 0.6 is 7.82 Å². The van der Waals surface area contributed by atoms with Gasteiger partial charge in [-0.2, -0.15) is 0 Å². The van der Waals surface area contributed by atoms with Gasteiger partial charge < -0.3 is 18.9 Å². The van der Waals surface area contributed by atoms with Gasteiger partial charge in [0.1, 0.15) is 19.8 Å². The van der Waals surface area contributed by atoms with E-state index in [1.54, 1.807) is 0 Å². The molecule has 446 valence electrons. The van der Waals surface area contributed by atoms with Crippen LogP contribution in [0.2, 0.25) is 0 Å². The molecule has 0 aromatic rings. The topological polar surface area (TPSA) is 108 Å². The molecule has 0 bridgehead atoms. The number of nitrogens with zero attached hydrogens (tertiary/aromatic N) is 1. The molecule has 0 fully saturated rings. The highest BCUT2D eigenvalue weighted by Crippen LogP contribution is 2.43. The molecule has 0 aliphatic rings. The maximum Gasteiger partial charge on any atom is 0.472 e. The van der Waals surface area contributed by atoms with Crippen molar-refractivity contribution in [3.8, 4) is 0 Å². The van der Waals surface area contributed by atoms with Gasteiger partial charge >= 0.3 is 19.8 Å². The smallest absolute Gasteiger partial charge is 0.462 e. The number of phosphoric ester groups is 1. The van der Waals surface area contributed by atoms with Gasteiger partial charge in [-0.15, -0.1) is 0 Å². The summed E-state index contributed by atoms with van der Waals surface area (Å²) in [5.41, 5.74) is 0. The summed E-state index contributed by atoms with van der Waals surface area (Å²) in [6, 6.07) is 0. The predicted molar refractivity (Wildman–Crippen MR) is 326 cm³/mol. The Labute approximate surface area is 471 Å². The number of phosphoric acid groups is 1. The van der Waals surface area contributed by atoms with Crippen molar-refractivity contribution >= 4 is 19.8 Å². The Morgan fingerprint density at radius 2 is 0.711 bits per heavy atom. The standard InChI is InChI=1S/C66H124NO8P/c1-6-8-10-12-14-16-18-20-22-24-26-28-29-30-31-32-33-34-35-36-37-39-40-42-44-46-48-50-52-54-56-58-65(68)72-62-64(63-74-76(70,71)73-61-60-67(3,4)5)75-66(69)59-57-55-53-51-49-47-45-43-41-38-27-25-23-21-19-17-15-13-11-9-7-2/h19,21,24-27,41,43,64H,6-18,20,22-23,28-40,42,44-63H2,1-5H3/p+1/b21-19-,26-24-,27-25-,43-41-. The third-order valence-electron chi connectivity index (χ3n) is 14.3. The lowest BCUT2D eigenvalue weighted by Crippen LogP contribution is -2.37. The number of rotatable bonds is 60. The van der Waals surface area contributed by atoms with Crippen LogP contribution in [0.5, 0.6) is 0 Å². The second-order valence-electron chi connectivity index (χ2n) is 23.1. The minimum atomic E-state index is -4.39. The highest BCUT2D eigenvalue weighted by atomic mass is 31.2. The molecule has 0 heterocycles. The largest absolute Gasteiger partial charge is 0.472 e. The molecular weight excluding hydrogens is 966 g/mol. The van der Waals surface area contributed by atoms with Crippen LogP contribution in [0.15, 0.2) is 48.6 Å². The number of unbranched alkanes of at least 4 members (excludes halogenated alkanes) is 38. The zero-order chi connectivity index (χ0) is 55.6. The van der Waals surface area contributed by atoms with E-state index in [9.17, 15) is 19.0 Å². The summed E-state index contributed by atoms with van der Waals surface area (Å²) in [6.07, 6.45) is 73.5. The van der Waals surface area contributed by atoms with Crippen molar-refractivity contribution < 1.29 is 42.1 Å². The molecule has 2 unspecified atom stereocenters. The van der Waals surface area contributed by atoms with Crippen molar-refractivity contribution in [3.05, 3.63) is 48.6 Å². The number of allylic oxidation sites excluding steroid dienone is 8. The molecule has 76 heavy (non-hydrogen) atoms. The maximum absolute atomic E-state index is 12.8. The van der Waals surface area contributed by atoms with Crippen LogP contribution in [-0.4, -0.2) is 74.9 Å². The van der Waals surface area contributed by atoms with Crippen molar-refractivity contribution in [2.45, 2.75) is 315 Å². The Bertz CT molecular complexity index is 1420. The van der Waals surface area contributed by atoms with Crippen molar-refractivity contribution in [2.24, 2.45) is 0 Å². The highest BCUT2D eigenvalue weighted by molar-refractivity contribution is 7.47. The molecule has 0 aromatic heterocycles. The van der Waals surface area contributed by atoms with Gasteiger partial charge in [-0.3, -0.25) is 18.6 Å². The van der Waals surface area contributed by atoms with E-state index in [1.165, 1.54) is 205 Å². The van der Waals surface area contributed by atoms with Crippen molar-refractivity contribution in [2.75, 3.05) is 47.5 Å². The quantitative estimate of drug-likeness (QED) is 0.0211. The normalized spacial score (nSPS) is 13.5. The lowest BCUT2D eigenvalue weighted by Gasteiger charge is -2.24. The van der Waals surface area contributed by atoms with Gasteiger partial charge in [0.05, 0.1) is 27.7 Å². The summed E-state index contributed by atoms with van der Waals surface area (Å²) in [6.45, 7) is 4.45. The number of carbonyl (C=O) groups is 2. The van der Waals surface area contributed by atoms with Crippen molar-refractivity contribution in [3.63, 3.8) is 0 Å². The fraction of sp³-hybridized carbons (Fsp3) is 0.848. The molecule has 0 aliphatic heterocycles. The Hall–Kier alpha value is -2.03. The van der Waals surface area contributed by atoms with E-state index in [0.29, 0.717) is 17.4 Å². The zero-order valence-corrected chi connectivity index (χ0v) is 51.6. The van der Waals surface area contributed by atoms with Crippen LogP contribution in [0.4, 0.5) is 0 Å². The Balaban J connectivity index is 4.05. The van der Waals surface area contributed by atoms with Gasteiger partial charge in [-0.1, -0.05) is 268 Å². The van der Waals surface area contributed by atoms with E-state index in [2.05, 4.69) is 62.5 Å². The SMILES string of the molecule is CCCCCCC/C=C\C/C=C\C/C=C\CCCCCCCCC(=O)OC(COC(=O)CCCCCCCCCCCCCCCCCCCCC/C=C\CCCCCCCCCC)COP(=O)(O)OCC[N+](C)(C)C. The van der Waals surface area contributed by atoms with Gasteiger partial charge in [0.15, 0.2) is 6.10 Å². The first-order valence-electron chi connectivity index (χ1n) is 32.4. The molecule has 0 rings (SSSR count). The fourth-order valence-corrected chi connectivity index (χ4v) is 10.1. The number of ether oxygens (including phenoxy) is 2. The van der Waals surface area contributed by atoms with Gasteiger partial charge in [0.25, 0.3) is 0 Å². The lowest BCUT2D eigenvalue weighted by atomic mass is 10.0. The molecule has 0 spiro atoms. The first kappa shape index (κ1) is 74.0. The molecule has 1 N–H and O–H groups in total. The Morgan fingerprint density at radius 3 is 1.07 bits per heavy atom. The molecule has 9 nitrogen and oxygen atoms in total. The molecule has 10 heteroatoms.